The summed E-state index contributed by atoms with van der Waals surface area (Å²) in [4.78, 5) is 10.6. The molecule has 0 aromatic heterocycles. The molecule has 1 aliphatic carbocycles. The lowest BCUT2D eigenvalue weighted by atomic mass is 9.90. The van der Waals surface area contributed by atoms with E-state index in [1.54, 1.807) is 6.07 Å². The van der Waals surface area contributed by atoms with Crippen LogP contribution in [0.4, 0.5) is 5.69 Å². The Balaban J connectivity index is 1.96. The van der Waals surface area contributed by atoms with Gasteiger partial charge in [0.1, 0.15) is 6.07 Å². The summed E-state index contributed by atoms with van der Waals surface area (Å²) < 4.78 is 0. The quantitative estimate of drug-likeness (QED) is 0.815. The van der Waals surface area contributed by atoms with Crippen molar-refractivity contribution in [3.8, 4) is 6.07 Å². The van der Waals surface area contributed by atoms with Crippen LogP contribution in [0, 0.1) is 11.3 Å². The van der Waals surface area contributed by atoms with Gasteiger partial charge in [0.25, 0.3) is 0 Å². The van der Waals surface area contributed by atoms with E-state index in [1.807, 2.05) is 18.2 Å². The fourth-order valence-corrected chi connectivity index (χ4v) is 2.38. The number of benzene rings is 1. The highest BCUT2D eigenvalue weighted by atomic mass is 16.4. The van der Waals surface area contributed by atoms with E-state index in [0.29, 0.717) is 11.6 Å². The summed E-state index contributed by atoms with van der Waals surface area (Å²) in [7, 11) is 0. The number of anilines is 1. The number of rotatable bonds is 3. The molecule has 0 radical (unpaired) electrons. The molecular weight excluding hydrogens is 240 g/mol. The zero-order valence-corrected chi connectivity index (χ0v) is 10.6. The molecule has 98 valence electrons. The minimum Gasteiger partial charge on any atom is -0.478 e. The van der Waals surface area contributed by atoms with E-state index in [4.69, 9.17) is 10.4 Å². The van der Waals surface area contributed by atoms with E-state index in [-0.39, 0.29) is 0 Å². The van der Waals surface area contributed by atoms with Gasteiger partial charge in [0, 0.05) is 12.1 Å². The van der Waals surface area contributed by atoms with Gasteiger partial charge in [-0.3, -0.25) is 0 Å². The number of carboxylic acids is 1. The first-order valence-corrected chi connectivity index (χ1v) is 6.37. The van der Waals surface area contributed by atoms with Crippen LogP contribution in [0.15, 0.2) is 35.9 Å². The number of hydrogen-bond acceptors (Lipinski definition) is 3. The molecule has 0 spiro atoms. The van der Waals surface area contributed by atoms with Crippen molar-refractivity contribution in [3.05, 3.63) is 41.5 Å². The molecule has 0 bridgehead atoms. The highest BCUT2D eigenvalue weighted by Crippen LogP contribution is 2.26. The molecule has 1 fully saturated rings. The van der Waals surface area contributed by atoms with Crippen molar-refractivity contribution >= 4 is 11.7 Å². The molecule has 0 aliphatic heterocycles. The smallest absolute Gasteiger partial charge is 0.328 e. The highest BCUT2D eigenvalue weighted by Gasteiger charge is 2.17. The number of nitriles is 1. The zero-order chi connectivity index (χ0) is 13.7. The van der Waals surface area contributed by atoms with E-state index in [9.17, 15) is 4.79 Å². The van der Waals surface area contributed by atoms with Gasteiger partial charge in [-0.1, -0.05) is 17.7 Å². The predicted molar refractivity (Wildman–Crippen MR) is 72.8 cm³/mol. The lowest BCUT2D eigenvalue weighted by molar-refractivity contribution is -0.131. The molecule has 1 saturated carbocycles. The second kappa shape index (κ2) is 6.05. The van der Waals surface area contributed by atoms with Crippen LogP contribution in [0.25, 0.3) is 0 Å². The molecule has 0 amide bonds. The van der Waals surface area contributed by atoms with Crippen LogP contribution in [-0.2, 0) is 4.79 Å². The Morgan fingerprint density at radius 1 is 1.37 bits per heavy atom. The molecule has 2 rings (SSSR count). The van der Waals surface area contributed by atoms with Gasteiger partial charge in [-0.25, -0.2) is 4.79 Å². The van der Waals surface area contributed by atoms with Crippen molar-refractivity contribution in [2.75, 3.05) is 5.32 Å². The van der Waals surface area contributed by atoms with Gasteiger partial charge in [0.05, 0.1) is 11.3 Å². The average molecular weight is 256 g/mol. The molecule has 1 aliphatic rings. The van der Waals surface area contributed by atoms with Crippen molar-refractivity contribution in [3.63, 3.8) is 0 Å². The number of carbonyl (C=O) groups is 1. The first-order chi connectivity index (χ1) is 9.19. The molecular formula is C15H16N2O2. The molecule has 1 aromatic rings. The summed E-state index contributed by atoms with van der Waals surface area (Å²) in [6.07, 6.45) is 4.73. The van der Waals surface area contributed by atoms with E-state index >= 15 is 0 Å². The Morgan fingerprint density at radius 2 is 2.05 bits per heavy atom. The molecule has 4 heteroatoms. The largest absolute Gasteiger partial charge is 0.478 e. The van der Waals surface area contributed by atoms with Gasteiger partial charge in [-0.05, 0) is 37.8 Å². The van der Waals surface area contributed by atoms with Gasteiger partial charge in [0.15, 0.2) is 0 Å². The first-order valence-electron chi connectivity index (χ1n) is 6.37. The fraction of sp³-hybridized carbons (Fsp3) is 0.333. The summed E-state index contributed by atoms with van der Waals surface area (Å²) in [6.45, 7) is 0. The summed E-state index contributed by atoms with van der Waals surface area (Å²) in [5, 5.41) is 21.1. The maximum Gasteiger partial charge on any atom is 0.328 e. The van der Waals surface area contributed by atoms with Gasteiger partial charge in [-0.2, -0.15) is 5.26 Å². The molecule has 2 N–H and O–H groups in total. The Bertz CT molecular complexity index is 533. The van der Waals surface area contributed by atoms with Gasteiger partial charge >= 0.3 is 5.97 Å². The number of para-hydroxylation sites is 1. The monoisotopic (exact) mass is 256 g/mol. The summed E-state index contributed by atoms with van der Waals surface area (Å²) >= 11 is 0. The molecule has 0 saturated heterocycles. The maximum absolute atomic E-state index is 10.6. The summed E-state index contributed by atoms with van der Waals surface area (Å²) in [5.41, 5.74) is 2.51. The highest BCUT2D eigenvalue weighted by molar-refractivity contribution is 5.80. The molecule has 1 aromatic carbocycles. The van der Waals surface area contributed by atoms with Crippen LogP contribution < -0.4 is 5.32 Å². The van der Waals surface area contributed by atoms with Crippen molar-refractivity contribution in [1.29, 1.82) is 5.26 Å². The third kappa shape index (κ3) is 3.59. The van der Waals surface area contributed by atoms with Crippen LogP contribution >= 0.6 is 0 Å². The molecule has 0 heterocycles. The molecule has 0 atom stereocenters. The van der Waals surface area contributed by atoms with Crippen molar-refractivity contribution < 1.29 is 9.90 Å². The average Bonchev–Trinajstić information content (AvgIpc) is 2.41. The van der Waals surface area contributed by atoms with Crippen molar-refractivity contribution in [1.82, 2.24) is 0 Å². The predicted octanol–water partition coefficient (Wildman–Crippen LogP) is 2.92. The fourth-order valence-electron chi connectivity index (χ4n) is 2.38. The Hall–Kier alpha value is -2.28. The molecule has 0 unspecified atom stereocenters. The normalized spacial score (nSPS) is 18.5. The van der Waals surface area contributed by atoms with Crippen LogP contribution in [-0.4, -0.2) is 17.1 Å². The summed E-state index contributed by atoms with van der Waals surface area (Å²) in [6, 6.07) is 9.92. The Kier molecular flexibility index (Phi) is 4.19. The number of hydrogen-bond donors (Lipinski definition) is 2. The van der Waals surface area contributed by atoms with Crippen molar-refractivity contribution in [2.45, 2.75) is 31.7 Å². The number of carboxylic acid groups (broad SMARTS) is 1. The van der Waals surface area contributed by atoms with E-state index in [0.717, 1.165) is 36.9 Å². The lowest BCUT2D eigenvalue weighted by Gasteiger charge is -2.26. The van der Waals surface area contributed by atoms with Gasteiger partial charge < -0.3 is 10.4 Å². The summed E-state index contributed by atoms with van der Waals surface area (Å²) in [5.74, 6) is -0.865. The number of nitrogens with one attached hydrogen (secondary N) is 1. The topological polar surface area (TPSA) is 73.1 Å². The number of allylic oxidation sites excluding steroid dienone is 1. The second-order valence-electron chi connectivity index (χ2n) is 4.72. The minimum atomic E-state index is -0.865. The SMILES string of the molecule is N#Cc1ccccc1NC1CCC(=CC(=O)O)CC1. The van der Waals surface area contributed by atoms with Crippen molar-refractivity contribution in [2.24, 2.45) is 0 Å². The van der Waals surface area contributed by atoms with E-state index in [1.165, 1.54) is 6.08 Å². The Morgan fingerprint density at radius 3 is 2.68 bits per heavy atom. The standard InChI is InChI=1S/C15H16N2O2/c16-10-12-3-1-2-4-14(12)17-13-7-5-11(6-8-13)9-15(18)19/h1-4,9,13,17H,5-8H2,(H,18,19). The lowest BCUT2D eigenvalue weighted by Crippen LogP contribution is -2.23. The van der Waals surface area contributed by atoms with Crippen LogP contribution in [0.5, 0.6) is 0 Å². The first kappa shape index (κ1) is 13.2. The molecule has 19 heavy (non-hydrogen) atoms. The van der Waals surface area contributed by atoms with Gasteiger partial charge in [0.2, 0.25) is 0 Å². The minimum absolute atomic E-state index is 0.306. The van der Waals surface area contributed by atoms with Crippen LogP contribution in [0.3, 0.4) is 0 Å². The molecule has 4 nitrogen and oxygen atoms in total. The third-order valence-electron chi connectivity index (χ3n) is 3.36. The maximum atomic E-state index is 10.6. The van der Waals surface area contributed by atoms with Crippen LogP contribution in [0.2, 0.25) is 0 Å². The second-order valence-corrected chi connectivity index (χ2v) is 4.72. The van der Waals surface area contributed by atoms with Crippen LogP contribution in [0.1, 0.15) is 31.2 Å². The third-order valence-corrected chi connectivity index (χ3v) is 3.36. The van der Waals surface area contributed by atoms with E-state index < -0.39 is 5.97 Å². The zero-order valence-electron chi connectivity index (χ0n) is 10.6. The van der Waals surface area contributed by atoms with Gasteiger partial charge in [-0.15, -0.1) is 0 Å². The number of nitrogens with zero attached hydrogens (tertiary/aromatic N) is 1. The number of aliphatic carboxylic acids is 1. The van der Waals surface area contributed by atoms with E-state index in [2.05, 4.69) is 11.4 Å². The Labute approximate surface area is 112 Å².